The van der Waals surface area contributed by atoms with Crippen LogP contribution in [0.3, 0.4) is 0 Å². The Balaban J connectivity index is 1.48. The highest BCUT2D eigenvalue weighted by Gasteiger charge is 2.18. The van der Waals surface area contributed by atoms with E-state index in [1.165, 1.54) is 0 Å². The quantitative estimate of drug-likeness (QED) is 0.594. The molecule has 2 heterocycles. The fourth-order valence-electron chi connectivity index (χ4n) is 3.72. The summed E-state index contributed by atoms with van der Waals surface area (Å²) < 4.78 is 5.83. The van der Waals surface area contributed by atoms with Crippen molar-refractivity contribution < 1.29 is 9.53 Å². The molecule has 7 heteroatoms. The Morgan fingerprint density at radius 1 is 1.03 bits per heavy atom. The minimum absolute atomic E-state index is 0.0593. The number of carbonyl (C=O) groups excluding carboxylic acids is 1. The first-order valence-corrected chi connectivity index (χ1v) is 10.8. The predicted octanol–water partition coefficient (Wildman–Crippen LogP) is 3.60. The largest absolute Gasteiger partial charge is 0.424 e. The molecule has 1 aliphatic heterocycles. The molecule has 0 aliphatic carbocycles. The van der Waals surface area contributed by atoms with Crippen molar-refractivity contribution >= 4 is 11.6 Å². The number of hydrogen-bond acceptors (Lipinski definition) is 6. The highest BCUT2D eigenvalue weighted by atomic mass is 16.5. The number of piperazine rings is 1. The maximum Gasteiger partial charge on any atom is 0.321 e. The van der Waals surface area contributed by atoms with Crippen molar-refractivity contribution in [1.29, 1.82) is 0 Å². The Kier molecular flexibility index (Phi) is 6.78. The molecule has 166 valence electrons. The number of ether oxygens (including phenoxy) is 1. The van der Waals surface area contributed by atoms with Crippen LogP contribution in [0.5, 0.6) is 11.8 Å². The summed E-state index contributed by atoms with van der Waals surface area (Å²) in [5.74, 6) is 0.563. The number of aryl methyl sites for hydroxylation is 1. The molecule has 2 aromatic carbocycles. The second kappa shape index (κ2) is 9.89. The number of benzene rings is 2. The van der Waals surface area contributed by atoms with Gasteiger partial charge in [-0.3, -0.25) is 9.69 Å². The average molecular weight is 432 g/mol. The normalized spacial score (nSPS) is 14.8. The maximum atomic E-state index is 13.2. The fourth-order valence-corrected chi connectivity index (χ4v) is 3.72. The third-order valence-electron chi connectivity index (χ3n) is 5.78. The van der Waals surface area contributed by atoms with E-state index < -0.39 is 0 Å². The summed E-state index contributed by atoms with van der Waals surface area (Å²) in [6, 6.07) is 15.6. The van der Waals surface area contributed by atoms with Crippen molar-refractivity contribution in [2.75, 3.05) is 45.2 Å². The Morgan fingerprint density at radius 3 is 2.53 bits per heavy atom. The smallest absolute Gasteiger partial charge is 0.321 e. The fraction of sp³-hybridized carbons (Fsp3) is 0.320. The minimum atomic E-state index is -0.0593. The molecule has 0 saturated carbocycles. The van der Waals surface area contributed by atoms with E-state index in [1.807, 2.05) is 43.3 Å². The molecule has 1 fully saturated rings. The molecule has 0 atom stereocenters. The molecule has 4 rings (SSSR count). The van der Waals surface area contributed by atoms with Crippen LogP contribution in [0.2, 0.25) is 0 Å². The van der Waals surface area contributed by atoms with E-state index >= 15 is 0 Å². The third-order valence-corrected chi connectivity index (χ3v) is 5.78. The molecule has 0 spiro atoms. The zero-order valence-corrected chi connectivity index (χ0v) is 18.9. The first-order valence-electron chi connectivity index (χ1n) is 10.8. The third kappa shape index (κ3) is 5.30. The number of hydrogen-bond donors (Lipinski definition) is 0. The van der Waals surface area contributed by atoms with E-state index in [9.17, 15) is 4.79 Å². The first-order chi connectivity index (χ1) is 15.5. The summed E-state index contributed by atoms with van der Waals surface area (Å²) >= 11 is 0. The summed E-state index contributed by atoms with van der Waals surface area (Å²) in [5.41, 5.74) is 3.52. The molecule has 0 radical (unpaired) electrons. The lowest BCUT2D eigenvalue weighted by atomic mass is 10.1. The van der Waals surface area contributed by atoms with Crippen LogP contribution in [0.15, 0.2) is 60.9 Å². The van der Waals surface area contributed by atoms with Crippen LogP contribution in [-0.2, 0) is 6.54 Å². The SMILES string of the molecule is Cc1ccc(N(C)C(=O)c2cccc(CN3CCN(C)CC3)c2)cc1Oc1ncccn1. The number of aromatic nitrogens is 2. The standard InChI is InChI=1S/C25H29N5O2/c1-19-8-9-22(17-23(19)32-25-26-10-5-11-27-25)29(3)24(31)21-7-4-6-20(16-21)18-30-14-12-28(2)13-15-30/h4-11,16-17H,12-15,18H2,1-3H3. The van der Waals surface area contributed by atoms with Crippen LogP contribution in [0, 0.1) is 6.92 Å². The molecule has 7 nitrogen and oxygen atoms in total. The maximum absolute atomic E-state index is 13.2. The molecule has 1 aromatic heterocycles. The van der Waals surface area contributed by atoms with Crippen LogP contribution in [0.25, 0.3) is 0 Å². The van der Waals surface area contributed by atoms with Gasteiger partial charge in [0.05, 0.1) is 0 Å². The predicted molar refractivity (Wildman–Crippen MR) is 125 cm³/mol. The molecule has 3 aromatic rings. The number of rotatable bonds is 6. The summed E-state index contributed by atoms with van der Waals surface area (Å²) in [6.07, 6.45) is 3.26. The number of carbonyl (C=O) groups is 1. The number of nitrogens with zero attached hydrogens (tertiary/aromatic N) is 5. The van der Waals surface area contributed by atoms with Crippen molar-refractivity contribution in [1.82, 2.24) is 19.8 Å². The van der Waals surface area contributed by atoms with Crippen molar-refractivity contribution in [2.24, 2.45) is 0 Å². The summed E-state index contributed by atoms with van der Waals surface area (Å²) in [5, 5.41) is 0. The average Bonchev–Trinajstić information content (AvgIpc) is 2.82. The Hall–Kier alpha value is -3.29. The van der Waals surface area contributed by atoms with Crippen molar-refractivity contribution in [3.05, 3.63) is 77.6 Å². The van der Waals surface area contributed by atoms with Gasteiger partial charge in [-0.1, -0.05) is 18.2 Å². The van der Waals surface area contributed by atoms with E-state index in [0.29, 0.717) is 11.3 Å². The van der Waals surface area contributed by atoms with E-state index in [-0.39, 0.29) is 11.9 Å². The van der Waals surface area contributed by atoms with Crippen molar-refractivity contribution in [2.45, 2.75) is 13.5 Å². The molecule has 1 saturated heterocycles. The second-order valence-corrected chi connectivity index (χ2v) is 8.23. The molecule has 1 aliphatic rings. The molecule has 1 amide bonds. The van der Waals surface area contributed by atoms with Gasteiger partial charge in [0.15, 0.2) is 0 Å². The van der Waals surface area contributed by atoms with Gasteiger partial charge < -0.3 is 14.5 Å². The van der Waals surface area contributed by atoms with E-state index in [4.69, 9.17) is 4.74 Å². The second-order valence-electron chi connectivity index (χ2n) is 8.23. The highest BCUT2D eigenvalue weighted by molar-refractivity contribution is 6.05. The highest BCUT2D eigenvalue weighted by Crippen LogP contribution is 2.28. The Labute approximate surface area is 189 Å². The first kappa shape index (κ1) is 21.9. The van der Waals surface area contributed by atoms with Gasteiger partial charge >= 0.3 is 6.01 Å². The number of likely N-dealkylation sites (N-methyl/N-ethyl adjacent to an activating group) is 1. The van der Waals surface area contributed by atoms with Crippen LogP contribution in [0.4, 0.5) is 5.69 Å². The zero-order chi connectivity index (χ0) is 22.5. The zero-order valence-electron chi connectivity index (χ0n) is 18.9. The van der Waals surface area contributed by atoms with Crippen molar-refractivity contribution in [3.63, 3.8) is 0 Å². The topological polar surface area (TPSA) is 61.8 Å². The Bertz CT molecular complexity index is 1060. The molecule has 0 N–H and O–H groups in total. The van der Waals surface area contributed by atoms with Gasteiger partial charge in [0.2, 0.25) is 0 Å². The van der Waals surface area contributed by atoms with Crippen LogP contribution >= 0.6 is 0 Å². The number of amides is 1. The number of anilines is 1. The van der Waals surface area contributed by atoms with Gasteiger partial charge in [0.1, 0.15) is 5.75 Å². The van der Waals surface area contributed by atoms with Crippen LogP contribution < -0.4 is 9.64 Å². The van der Waals surface area contributed by atoms with Gasteiger partial charge in [-0.25, -0.2) is 9.97 Å². The van der Waals surface area contributed by atoms with Gasteiger partial charge in [0, 0.05) is 69.5 Å². The minimum Gasteiger partial charge on any atom is -0.424 e. The van der Waals surface area contributed by atoms with Gasteiger partial charge in [0.25, 0.3) is 5.91 Å². The van der Waals surface area contributed by atoms with Crippen LogP contribution in [-0.4, -0.2) is 65.9 Å². The van der Waals surface area contributed by atoms with Gasteiger partial charge in [-0.15, -0.1) is 0 Å². The van der Waals surface area contributed by atoms with Crippen LogP contribution in [0.1, 0.15) is 21.5 Å². The van der Waals surface area contributed by atoms with Crippen molar-refractivity contribution in [3.8, 4) is 11.8 Å². The Morgan fingerprint density at radius 2 is 1.78 bits per heavy atom. The molecule has 0 bridgehead atoms. The molecular weight excluding hydrogens is 402 g/mol. The lowest BCUT2D eigenvalue weighted by molar-refractivity contribution is 0.0992. The van der Waals surface area contributed by atoms with E-state index in [0.717, 1.165) is 49.5 Å². The molecular formula is C25H29N5O2. The summed E-state index contributed by atoms with van der Waals surface area (Å²) in [7, 11) is 3.93. The molecule has 0 unspecified atom stereocenters. The van der Waals surface area contributed by atoms with E-state index in [2.05, 4.69) is 32.9 Å². The van der Waals surface area contributed by atoms with Gasteiger partial charge in [-0.05, 0) is 49.4 Å². The molecule has 32 heavy (non-hydrogen) atoms. The summed E-state index contributed by atoms with van der Waals surface area (Å²) in [4.78, 5) is 27.9. The van der Waals surface area contributed by atoms with Gasteiger partial charge in [-0.2, -0.15) is 0 Å². The lowest BCUT2D eigenvalue weighted by Crippen LogP contribution is -2.43. The lowest BCUT2D eigenvalue weighted by Gasteiger charge is -2.32. The van der Waals surface area contributed by atoms with E-state index in [1.54, 1.807) is 30.4 Å². The summed E-state index contributed by atoms with van der Waals surface area (Å²) in [6.45, 7) is 7.06. The monoisotopic (exact) mass is 431 g/mol.